The largest absolute Gasteiger partial charge is 0.494 e. The lowest BCUT2D eigenvalue weighted by molar-refractivity contribution is 0.282. The van der Waals surface area contributed by atoms with Gasteiger partial charge in [-0.05, 0) is 79.6 Å². The van der Waals surface area contributed by atoms with E-state index >= 15 is 0 Å². The molecule has 172 valence electrons. The summed E-state index contributed by atoms with van der Waals surface area (Å²) in [5.41, 5.74) is 5.83. The molecule has 0 amide bonds. The molecule has 0 radical (unpaired) electrons. The molecule has 0 aliphatic heterocycles. The van der Waals surface area contributed by atoms with E-state index in [-0.39, 0.29) is 0 Å². The molecule has 0 bridgehead atoms. The number of aryl methyl sites for hydroxylation is 3. The van der Waals surface area contributed by atoms with Gasteiger partial charge >= 0.3 is 0 Å². The first-order valence-corrected chi connectivity index (χ1v) is 11.9. The van der Waals surface area contributed by atoms with Gasteiger partial charge in [0.15, 0.2) is 0 Å². The van der Waals surface area contributed by atoms with Crippen LogP contribution in [-0.4, -0.2) is 16.2 Å². The molecule has 1 heterocycles. The average Bonchev–Trinajstić information content (AvgIpc) is 3.15. The first-order chi connectivity index (χ1) is 16.0. The molecule has 4 rings (SSSR count). The van der Waals surface area contributed by atoms with Crippen molar-refractivity contribution in [2.75, 3.05) is 6.61 Å². The van der Waals surface area contributed by atoms with E-state index in [1.807, 2.05) is 18.2 Å². The number of rotatable bonds is 10. The smallest absolute Gasteiger partial charge is 0.147 e. The molecular formula is C29H34N2O2. The molecule has 4 nitrogen and oxygen atoms in total. The fraction of sp³-hybridized carbons (Fsp3) is 0.345. The summed E-state index contributed by atoms with van der Waals surface area (Å²) >= 11 is 0. The SMILES string of the molecule is Cc1cccc(OCCCCn2c(COc3cc(C)ccc3C(C)C)nc3ccccc32)c1. The fourth-order valence-electron chi connectivity index (χ4n) is 4.14. The van der Waals surface area contributed by atoms with Crippen LogP contribution < -0.4 is 9.47 Å². The first kappa shape index (κ1) is 22.9. The highest BCUT2D eigenvalue weighted by atomic mass is 16.5. The number of fused-ring (bicyclic) bond motifs is 1. The molecule has 0 spiro atoms. The van der Waals surface area contributed by atoms with Crippen LogP contribution in [0.4, 0.5) is 0 Å². The van der Waals surface area contributed by atoms with Crippen molar-refractivity contribution in [1.82, 2.24) is 9.55 Å². The average molecular weight is 443 g/mol. The second-order valence-electron chi connectivity index (χ2n) is 9.03. The quantitative estimate of drug-likeness (QED) is 0.243. The molecule has 4 aromatic rings. The van der Waals surface area contributed by atoms with E-state index in [1.165, 1.54) is 16.7 Å². The number of benzene rings is 3. The van der Waals surface area contributed by atoms with Crippen LogP contribution in [-0.2, 0) is 13.2 Å². The Balaban J connectivity index is 1.43. The van der Waals surface area contributed by atoms with Gasteiger partial charge in [-0.2, -0.15) is 0 Å². The summed E-state index contributed by atoms with van der Waals surface area (Å²) in [7, 11) is 0. The van der Waals surface area contributed by atoms with Crippen molar-refractivity contribution in [1.29, 1.82) is 0 Å². The first-order valence-electron chi connectivity index (χ1n) is 11.9. The number of aromatic nitrogens is 2. The molecular weight excluding hydrogens is 408 g/mol. The van der Waals surface area contributed by atoms with Gasteiger partial charge in [0, 0.05) is 6.54 Å². The molecule has 0 unspecified atom stereocenters. The van der Waals surface area contributed by atoms with Crippen molar-refractivity contribution in [3.63, 3.8) is 0 Å². The van der Waals surface area contributed by atoms with Crippen LogP contribution in [0, 0.1) is 13.8 Å². The Morgan fingerprint density at radius 2 is 1.67 bits per heavy atom. The summed E-state index contributed by atoms with van der Waals surface area (Å²) in [5, 5.41) is 0. The third-order valence-corrected chi connectivity index (χ3v) is 5.92. The van der Waals surface area contributed by atoms with Crippen molar-refractivity contribution in [2.45, 2.75) is 59.6 Å². The van der Waals surface area contributed by atoms with Crippen molar-refractivity contribution >= 4 is 11.0 Å². The number of unbranched alkanes of at least 4 members (excludes halogenated alkanes) is 1. The van der Waals surface area contributed by atoms with Crippen LogP contribution in [0.15, 0.2) is 66.7 Å². The van der Waals surface area contributed by atoms with E-state index in [0.29, 0.717) is 19.1 Å². The maximum Gasteiger partial charge on any atom is 0.147 e. The molecule has 1 aromatic heterocycles. The van der Waals surface area contributed by atoms with E-state index in [0.717, 1.165) is 47.7 Å². The van der Waals surface area contributed by atoms with Crippen LogP contribution in [0.5, 0.6) is 11.5 Å². The molecule has 0 aliphatic rings. The van der Waals surface area contributed by atoms with Crippen LogP contribution in [0.1, 0.15) is 55.1 Å². The third-order valence-electron chi connectivity index (χ3n) is 5.92. The van der Waals surface area contributed by atoms with Gasteiger partial charge in [-0.3, -0.25) is 0 Å². The van der Waals surface area contributed by atoms with Crippen molar-refractivity contribution in [2.24, 2.45) is 0 Å². The third kappa shape index (κ3) is 5.75. The summed E-state index contributed by atoms with van der Waals surface area (Å²) in [6, 6.07) is 23.0. The molecule has 4 heteroatoms. The molecule has 0 saturated heterocycles. The van der Waals surface area contributed by atoms with Gasteiger partial charge in [-0.25, -0.2) is 4.98 Å². The maximum atomic E-state index is 6.32. The molecule has 33 heavy (non-hydrogen) atoms. The van der Waals surface area contributed by atoms with Gasteiger partial charge in [0.1, 0.15) is 23.9 Å². The van der Waals surface area contributed by atoms with Crippen LogP contribution >= 0.6 is 0 Å². The molecule has 0 saturated carbocycles. The Morgan fingerprint density at radius 3 is 2.48 bits per heavy atom. The second kappa shape index (κ2) is 10.6. The van der Waals surface area contributed by atoms with Crippen molar-refractivity contribution < 1.29 is 9.47 Å². The highest BCUT2D eigenvalue weighted by molar-refractivity contribution is 5.75. The number of hydrogen-bond acceptors (Lipinski definition) is 3. The molecule has 0 atom stereocenters. The van der Waals surface area contributed by atoms with E-state index < -0.39 is 0 Å². The molecule has 0 fully saturated rings. The highest BCUT2D eigenvalue weighted by Crippen LogP contribution is 2.28. The molecule has 3 aromatic carbocycles. The van der Waals surface area contributed by atoms with E-state index in [4.69, 9.17) is 14.5 Å². The van der Waals surface area contributed by atoms with Gasteiger partial charge in [-0.15, -0.1) is 0 Å². The monoisotopic (exact) mass is 442 g/mol. The topological polar surface area (TPSA) is 36.3 Å². The lowest BCUT2D eigenvalue weighted by Gasteiger charge is -2.16. The minimum Gasteiger partial charge on any atom is -0.494 e. The van der Waals surface area contributed by atoms with Gasteiger partial charge in [0.05, 0.1) is 17.6 Å². The van der Waals surface area contributed by atoms with Crippen molar-refractivity contribution in [3.8, 4) is 11.5 Å². The minimum atomic E-state index is 0.410. The van der Waals surface area contributed by atoms with Crippen LogP contribution in [0.3, 0.4) is 0 Å². The lowest BCUT2D eigenvalue weighted by atomic mass is 10.0. The Morgan fingerprint density at radius 1 is 0.848 bits per heavy atom. The zero-order valence-electron chi connectivity index (χ0n) is 20.2. The predicted molar refractivity (Wildman–Crippen MR) is 135 cm³/mol. The zero-order valence-corrected chi connectivity index (χ0v) is 20.2. The summed E-state index contributed by atoms with van der Waals surface area (Å²) in [6.07, 6.45) is 2.00. The number of hydrogen-bond donors (Lipinski definition) is 0. The highest BCUT2D eigenvalue weighted by Gasteiger charge is 2.13. The Hall–Kier alpha value is -3.27. The lowest BCUT2D eigenvalue weighted by Crippen LogP contribution is -2.09. The van der Waals surface area contributed by atoms with Gasteiger partial charge in [0.25, 0.3) is 0 Å². The van der Waals surface area contributed by atoms with Gasteiger partial charge in [0.2, 0.25) is 0 Å². The number of imidazole rings is 1. The number of para-hydroxylation sites is 2. The van der Waals surface area contributed by atoms with E-state index in [2.05, 4.69) is 80.8 Å². The minimum absolute atomic E-state index is 0.410. The summed E-state index contributed by atoms with van der Waals surface area (Å²) < 4.78 is 14.5. The zero-order chi connectivity index (χ0) is 23.2. The van der Waals surface area contributed by atoms with Gasteiger partial charge in [-0.1, -0.05) is 50.2 Å². The predicted octanol–water partition coefficient (Wildman–Crippen LogP) is 7.21. The Labute approximate surface area is 197 Å². The van der Waals surface area contributed by atoms with Crippen LogP contribution in [0.25, 0.3) is 11.0 Å². The van der Waals surface area contributed by atoms with Crippen LogP contribution in [0.2, 0.25) is 0 Å². The molecule has 0 aliphatic carbocycles. The summed E-state index contributed by atoms with van der Waals surface area (Å²) in [6.45, 7) is 10.6. The normalized spacial score (nSPS) is 11.3. The summed E-state index contributed by atoms with van der Waals surface area (Å²) in [5.74, 6) is 3.27. The fourth-order valence-corrected chi connectivity index (χ4v) is 4.14. The Kier molecular flexibility index (Phi) is 7.33. The number of nitrogens with zero attached hydrogens (tertiary/aromatic N) is 2. The second-order valence-corrected chi connectivity index (χ2v) is 9.03. The maximum absolute atomic E-state index is 6.32. The molecule has 0 N–H and O–H groups in total. The van der Waals surface area contributed by atoms with Gasteiger partial charge < -0.3 is 14.0 Å². The Bertz CT molecular complexity index is 1210. The summed E-state index contributed by atoms with van der Waals surface area (Å²) in [4.78, 5) is 4.89. The van der Waals surface area contributed by atoms with Crippen molar-refractivity contribution in [3.05, 3.63) is 89.2 Å². The standard InChI is InChI=1S/C29H34N2O2/c1-21(2)25-15-14-23(4)19-28(25)33-20-29-30-26-12-5-6-13-27(26)31(29)16-7-8-17-32-24-11-9-10-22(3)18-24/h5-6,9-15,18-19,21H,7-8,16-17,20H2,1-4H3. The van der Waals surface area contributed by atoms with E-state index in [1.54, 1.807) is 0 Å². The number of ether oxygens (including phenoxy) is 2. The van der Waals surface area contributed by atoms with E-state index in [9.17, 15) is 0 Å².